The van der Waals surface area contributed by atoms with Crippen LogP contribution in [0.5, 0.6) is 0 Å². The Kier molecular flexibility index (Phi) is 4.85. The molecule has 106 valence electrons. The van der Waals surface area contributed by atoms with Crippen molar-refractivity contribution in [2.24, 2.45) is 0 Å². The fourth-order valence-corrected chi connectivity index (χ4v) is 2.32. The van der Waals surface area contributed by atoms with Crippen molar-refractivity contribution in [3.8, 4) is 0 Å². The summed E-state index contributed by atoms with van der Waals surface area (Å²) < 4.78 is 26.8. The molecule has 0 amide bonds. The Morgan fingerprint density at radius 1 is 0.900 bits per heavy atom. The first-order chi connectivity index (χ1) is 9.63. The molecule has 2 aromatic rings. The van der Waals surface area contributed by atoms with E-state index in [0.717, 1.165) is 24.6 Å². The third-order valence-corrected chi connectivity index (χ3v) is 3.35. The summed E-state index contributed by atoms with van der Waals surface area (Å²) in [5, 5.41) is 3.27. The van der Waals surface area contributed by atoms with E-state index in [2.05, 4.69) is 24.4 Å². The molecule has 0 bridgehead atoms. The second kappa shape index (κ2) is 6.62. The molecule has 0 aliphatic heterocycles. The molecule has 0 aliphatic carbocycles. The molecule has 1 nitrogen and oxygen atoms in total. The highest BCUT2D eigenvalue weighted by Gasteiger charge is 2.14. The third kappa shape index (κ3) is 3.42. The molecule has 0 fully saturated rings. The maximum absolute atomic E-state index is 13.4. The van der Waals surface area contributed by atoms with E-state index < -0.39 is 11.6 Å². The van der Waals surface area contributed by atoms with Crippen LogP contribution in [0.2, 0.25) is 0 Å². The van der Waals surface area contributed by atoms with Gasteiger partial charge < -0.3 is 5.32 Å². The van der Waals surface area contributed by atoms with E-state index >= 15 is 0 Å². The number of hydrogen-bond acceptors (Lipinski definition) is 1. The summed E-state index contributed by atoms with van der Waals surface area (Å²) >= 11 is 0. The second-order valence-electron chi connectivity index (χ2n) is 4.79. The van der Waals surface area contributed by atoms with Crippen LogP contribution >= 0.6 is 0 Å². The molecule has 0 heterocycles. The van der Waals surface area contributed by atoms with Gasteiger partial charge in [-0.3, -0.25) is 0 Å². The zero-order valence-electron chi connectivity index (χ0n) is 11.8. The number of halogens is 2. The van der Waals surface area contributed by atoms with E-state index in [-0.39, 0.29) is 6.04 Å². The van der Waals surface area contributed by atoms with E-state index in [1.54, 1.807) is 0 Å². The Bertz CT molecular complexity index is 543. The Morgan fingerprint density at radius 3 is 2.00 bits per heavy atom. The Labute approximate surface area is 118 Å². The molecule has 3 heteroatoms. The number of hydrogen-bond donors (Lipinski definition) is 1. The Morgan fingerprint density at radius 2 is 1.50 bits per heavy atom. The summed E-state index contributed by atoms with van der Waals surface area (Å²) in [5.41, 5.74) is 2.86. The highest BCUT2D eigenvalue weighted by atomic mass is 19.1. The van der Waals surface area contributed by atoms with Gasteiger partial charge in [0.25, 0.3) is 0 Å². The predicted molar refractivity (Wildman–Crippen MR) is 77.7 cm³/mol. The normalized spacial score (nSPS) is 12.4. The lowest BCUT2D eigenvalue weighted by atomic mass is 9.97. The van der Waals surface area contributed by atoms with Crippen LogP contribution in [-0.4, -0.2) is 6.54 Å². The zero-order valence-corrected chi connectivity index (χ0v) is 11.8. The van der Waals surface area contributed by atoms with Gasteiger partial charge in [-0.2, -0.15) is 0 Å². The van der Waals surface area contributed by atoms with Crippen molar-refractivity contribution in [2.45, 2.75) is 26.3 Å². The summed E-state index contributed by atoms with van der Waals surface area (Å²) in [5.74, 6) is -1.10. The minimum Gasteiger partial charge on any atom is -0.307 e. The lowest BCUT2D eigenvalue weighted by Crippen LogP contribution is -2.22. The SMILES string of the molecule is CCNC(c1ccc(CC)cc1)c1cc(F)cc(F)c1. The molecule has 0 saturated carbocycles. The molecule has 0 spiro atoms. The summed E-state index contributed by atoms with van der Waals surface area (Å²) in [6, 6.07) is 11.6. The molecule has 2 aromatic carbocycles. The minimum atomic E-state index is -0.548. The number of nitrogens with one attached hydrogen (secondary N) is 1. The van der Waals surface area contributed by atoms with Crippen molar-refractivity contribution in [3.63, 3.8) is 0 Å². The maximum Gasteiger partial charge on any atom is 0.126 e. The second-order valence-corrected chi connectivity index (χ2v) is 4.79. The fourth-order valence-electron chi connectivity index (χ4n) is 2.32. The van der Waals surface area contributed by atoms with Crippen molar-refractivity contribution in [1.82, 2.24) is 5.32 Å². The molecular weight excluding hydrogens is 256 g/mol. The van der Waals surface area contributed by atoms with E-state index in [1.165, 1.54) is 17.7 Å². The van der Waals surface area contributed by atoms with Gasteiger partial charge in [0.2, 0.25) is 0 Å². The van der Waals surface area contributed by atoms with Gasteiger partial charge in [0, 0.05) is 6.07 Å². The molecule has 1 unspecified atom stereocenters. The summed E-state index contributed by atoms with van der Waals surface area (Å²) in [6.07, 6.45) is 0.973. The smallest absolute Gasteiger partial charge is 0.126 e. The number of aryl methyl sites for hydroxylation is 1. The molecule has 0 aliphatic rings. The summed E-state index contributed by atoms with van der Waals surface area (Å²) in [6.45, 7) is 4.79. The van der Waals surface area contributed by atoms with Crippen LogP contribution in [0.25, 0.3) is 0 Å². The Hall–Kier alpha value is -1.74. The van der Waals surface area contributed by atoms with Crippen molar-refractivity contribution in [2.75, 3.05) is 6.54 Å². The van der Waals surface area contributed by atoms with Gasteiger partial charge in [-0.1, -0.05) is 38.1 Å². The van der Waals surface area contributed by atoms with Gasteiger partial charge in [-0.05, 0) is 41.8 Å². The van der Waals surface area contributed by atoms with E-state index in [4.69, 9.17) is 0 Å². The zero-order chi connectivity index (χ0) is 14.5. The van der Waals surface area contributed by atoms with E-state index in [9.17, 15) is 8.78 Å². The summed E-state index contributed by atoms with van der Waals surface area (Å²) in [4.78, 5) is 0. The molecular formula is C17H19F2N. The Balaban J connectivity index is 2.38. The first-order valence-electron chi connectivity index (χ1n) is 6.92. The van der Waals surface area contributed by atoms with Crippen LogP contribution in [0.15, 0.2) is 42.5 Å². The van der Waals surface area contributed by atoms with Crippen molar-refractivity contribution >= 4 is 0 Å². The van der Waals surface area contributed by atoms with Crippen LogP contribution in [0.4, 0.5) is 8.78 Å². The average molecular weight is 275 g/mol. The minimum absolute atomic E-state index is 0.198. The first kappa shape index (κ1) is 14.7. The molecule has 20 heavy (non-hydrogen) atoms. The first-order valence-corrected chi connectivity index (χ1v) is 6.92. The van der Waals surface area contributed by atoms with Crippen molar-refractivity contribution < 1.29 is 8.78 Å². The molecule has 0 aromatic heterocycles. The van der Waals surface area contributed by atoms with Gasteiger partial charge in [0.05, 0.1) is 6.04 Å². The molecule has 0 radical (unpaired) electrons. The largest absolute Gasteiger partial charge is 0.307 e. The van der Waals surface area contributed by atoms with Gasteiger partial charge in [-0.25, -0.2) is 8.78 Å². The number of rotatable bonds is 5. The molecule has 2 rings (SSSR count). The molecule has 1 atom stereocenters. The quantitative estimate of drug-likeness (QED) is 0.861. The highest BCUT2D eigenvalue weighted by Crippen LogP contribution is 2.24. The standard InChI is InChI=1S/C17H19F2N/c1-3-12-5-7-13(8-6-12)17(20-4-2)14-9-15(18)11-16(19)10-14/h5-11,17,20H,3-4H2,1-2H3. The topological polar surface area (TPSA) is 12.0 Å². The van der Waals surface area contributed by atoms with Crippen LogP contribution < -0.4 is 5.32 Å². The van der Waals surface area contributed by atoms with Crippen molar-refractivity contribution in [3.05, 3.63) is 70.8 Å². The van der Waals surface area contributed by atoms with Gasteiger partial charge in [-0.15, -0.1) is 0 Å². The highest BCUT2D eigenvalue weighted by molar-refractivity contribution is 5.34. The third-order valence-electron chi connectivity index (χ3n) is 3.35. The van der Waals surface area contributed by atoms with Crippen LogP contribution in [0, 0.1) is 11.6 Å². The van der Waals surface area contributed by atoms with Crippen LogP contribution in [-0.2, 0) is 6.42 Å². The van der Waals surface area contributed by atoms with Crippen LogP contribution in [0.1, 0.15) is 36.6 Å². The average Bonchev–Trinajstić information content (AvgIpc) is 2.44. The van der Waals surface area contributed by atoms with Crippen molar-refractivity contribution in [1.29, 1.82) is 0 Å². The number of benzene rings is 2. The lowest BCUT2D eigenvalue weighted by Gasteiger charge is -2.19. The maximum atomic E-state index is 13.4. The lowest BCUT2D eigenvalue weighted by molar-refractivity contribution is 0.565. The van der Waals surface area contributed by atoms with E-state index in [1.807, 2.05) is 19.1 Å². The molecule has 1 N–H and O–H groups in total. The van der Waals surface area contributed by atoms with Gasteiger partial charge >= 0.3 is 0 Å². The van der Waals surface area contributed by atoms with Gasteiger partial charge in [0.15, 0.2) is 0 Å². The monoisotopic (exact) mass is 275 g/mol. The summed E-state index contributed by atoms with van der Waals surface area (Å²) in [7, 11) is 0. The fraction of sp³-hybridized carbons (Fsp3) is 0.294. The molecule has 0 saturated heterocycles. The predicted octanol–water partition coefficient (Wildman–Crippen LogP) is 4.23. The van der Waals surface area contributed by atoms with Crippen LogP contribution in [0.3, 0.4) is 0 Å². The van der Waals surface area contributed by atoms with E-state index in [0.29, 0.717) is 5.56 Å². The van der Waals surface area contributed by atoms with Gasteiger partial charge in [0.1, 0.15) is 11.6 Å².